The number of carbonyl (C=O) groups is 3. The van der Waals surface area contributed by atoms with Gasteiger partial charge in [-0.3, -0.25) is 14.9 Å². The van der Waals surface area contributed by atoms with Crippen molar-refractivity contribution in [3.63, 3.8) is 0 Å². The summed E-state index contributed by atoms with van der Waals surface area (Å²) in [6, 6.07) is 15.8. The second-order valence-corrected chi connectivity index (χ2v) is 9.84. The summed E-state index contributed by atoms with van der Waals surface area (Å²) in [7, 11) is 0. The van der Waals surface area contributed by atoms with E-state index in [2.05, 4.69) is 39.9 Å². The molecule has 180 valence electrons. The maximum Gasteiger partial charge on any atom is 0.413 e. The number of aryl methyl sites for hydroxylation is 1. The van der Waals surface area contributed by atoms with Gasteiger partial charge in [0.2, 0.25) is 0 Å². The number of thiazole rings is 1. The van der Waals surface area contributed by atoms with Gasteiger partial charge in [-0.2, -0.15) is 0 Å². The summed E-state index contributed by atoms with van der Waals surface area (Å²) in [5.41, 5.74) is 5.01. The van der Waals surface area contributed by atoms with Gasteiger partial charge in [0.15, 0.2) is 5.13 Å². The Morgan fingerprint density at radius 1 is 1.06 bits per heavy atom. The van der Waals surface area contributed by atoms with Crippen LogP contribution in [0.4, 0.5) is 9.93 Å². The highest BCUT2D eigenvalue weighted by molar-refractivity contribution is 7.17. The molecule has 9 heteroatoms. The van der Waals surface area contributed by atoms with E-state index < -0.39 is 24.0 Å². The quantitative estimate of drug-likeness (QED) is 0.456. The third kappa shape index (κ3) is 4.51. The van der Waals surface area contributed by atoms with Crippen molar-refractivity contribution >= 4 is 34.4 Å². The minimum atomic E-state index is -0.897. The van der Waals surface area contributed by atoms with Crippen LogP contribution in [0, 0.1) is 12.8 Å². The van der Waals surface area contributed by atoms with Crippen molar-refractivity contribution in [1.82, 2.24) is 10.3 Å². The fourth-order valence-electron chi connectivity index (χ4n) is 5.04. The van der Waals surface area contributed by atoms with Crippen LogP contribution in [0.2, 0.25) is 0 Å². The van der Waals surface area contributed by atoms with Gasteiger partial charge in [0.05, 0.1) is 11.6 Å². The molecule has 2 aromatic carbocycles. The van der Waals surface area contributed by atoms with Gasteiger partial charge in [-0.25, -0.2) is 9.78 Å². The molecule has 0 bridgehead atoms. The first kappa shape index (κ1) is 23.0. The van der Waals surface area contributed by atoms with E-state index in [9.17, 15) is 19.5 Å². The molecular formula is C26H25N3O5S. The standard InChI is InChI=1S/C26H25N3O5S/c1-14-22(23(30)28-21-12-6-11-19(21)24(31)32)35-25(27-14)29-26(33)34-13-20-17-9-4-2-7-15(17)16-8-3-5-10-18(16)20/h2-5,7-10,19-21H,6,11-13H2,1H3,(H,28,30)(H,31,32)(H,27,29,33). The number of carbonyl (C=O) groups excluding carboxylic acids is 2. The Labute approximate surface area is 206 Å². The molecular weight excluding hydrogens is 466 g/mol. The van der Waals surface area contributed by atoms with Crippen LogP contribution in [0.25, 0.3) is 11.1 Å². The smallest absolute Gasteiger partial charge is 0.413 e. The van der Waals surface area contributed by atoms with Crippen LogP contribution in [0.5, 0.6) is 0 Å². The van der Waals surface area contributed by atoms with Gasteiger partial charge < -0.3 is 15.2 Å². The number of anilines is 1. The highest BCUT2D eigenvalue weighted by atomic mass is 32.1. The fraction of sp³-hybridized carbons (Fsp3) is 0.308. The number of benzene rings is 2. The lowest BCUT2D eigenvalue weighted by atomic mass is 9.98. The maximum absolute atomic E-state index is 12.7. The predicted molar refractivity (Wildman–Crippen MR) is 132 cm³/mol. The third-order valence-corrected chi connectivity index (χ3v) is 7.78. The number of rotatable bonds is 6. The summed E-state index contributed by atoms with van der Waals surface area (Å²) in [6.07, 6.45) is 1.30. The van der Waals surface area contributed by atoms with Gasteiger partial charge in [-0.1, -0.05) is 66.3 Å². The van der Waals surface area contributed by atoms with Gasteiger partial charge in [0.25, 0.3) is 5.91 Å². The monoisotopic (exact) mass is 491 g/mol. The molecule has 35 heavy (non-hydrogen) atoms. The lowest BCUT2D eigenvalue weighted by Crippen LogP contribution is -2.40. The summed E-state index contributed by atoms with van der Waals surface area (Å²) in [4.78, 5) is 41.3. The molecule has 2 aliphatic carbocycles. The molecule has 0 aliphatic heterocycles. The summed E-state index contributed by atoms with van der Waals surface area (Å²) in [6.45, 7) is 1.85. The SMILES string of the molecule is Cc1nc(NC(=O)OCC2c3ccccc3-c3ccccc32)sc1C(=O)NC1CCCC1C(=O)O. The molecule has 2 atom stereocenters. The van der Waals surface area contributed by atoms with Crippen LogP contribution in [0.1, 0.15) is 51.7 Å². The average molecular weight is 492 g/mol. The molecule has 1 fully saturated rings. The maximum atomic E-state index is 12.7. The molecule has 0 radical (unpaired) electrons. The van der Waals surface area contributed by atoms with E-state index in [0.717, 1.165) is 40.0 Å². The summed E-state index contributed by atoms with van der Waals surface area (Å²) in [5, 5.41) is 15.0. The number of aromatic nitrogens is 1. The Morgan fingerprint density at radius 3 is 2.37 bits per heavy atom. The Kier molecular flexibility index (Phi) is 6.25. The van der Waals surface area contributed by atoms with E-state index in [0.29, 0.717) is 23.4 Å². The minimum absolute atomic E-state index is 0.0545. The molecule has 1 aromatic heterocycles. The predicted octanol–water partition coefficient (Wildman–Crippen LogP) is 4.80. The molecule has 0 saturated heterocycles. The highest BCUT2D eigenvalue weighted by Gasteiger charge is 2.35. The molecule has 1 heterocycles. The van der Waals surface area contributed by atoms with Crippen LogP contribution in [-0.2, 0) is 9.53 Å². The van der Waals surface area contributed by atoms with Crippen LogP contribution in [-0.4, -0.2) is 40.7 Å². The number of fused-ring (bicyclic) bond motifs is 3. The zero-order chi connectivity index (χ0) is 24.5. The fourth-order valence-corrected chi connectivity index (χ4v) is 5.90. The molecule has 3 N–H and O–H groups in total. The van der Waals surface area contributed by atoms with Gasteiger partial charge in [0, 0.05) is 12.0 Å². The number of ether oxygens (including phenoxy) is 1. The van der Waals surface area contributed by atoms with Gasteiger partial charge in [-0.05, 0) is 42.0 Å². The molecule has 5 rings (SSSR count). The van der Waals surface area contributed by atoms with Crippen LogP contribution >= 0.6 is 11.3 Å². The second-order valence-electron chi connectivity index (χ2n) is 8.84. The van der Waals surface area contributed by atoms with E-state index in [1.807, 2.05) is 24.3 Å². The van der Waals surface area contributed by atoms with Crippen LogP contribution < -0.4 is 10.6 Å². The average Bonchev–Trinajstić information content (AvgIpc) is 3.53. The Hall–Kier alpha value is -3.72. The van der Waals surface area contributed by atoms with Crippen molar-refractivity contribution in [2.24, 2.45) is 5.92 Å². The number of hydrogen-bond donors (Lipinski definition) is 3. The number of hydrogen-bond acceptors (Lipinski definition) is 6. The molecule has 0 spiro atoms. The van der Waals surface area contributed by atoms with Gasteiger partial charge in [-0.15, -0.1) is 0 Å². The number of amides is 2. The molecule has 2 unspecified atom stereocenters. The normalized spacial score (nSPS) is 18.5. The largest absolute Gasteiger partial charge is 0.481 e. The number of aliphatic carboxylic acids is 1. The number of carboxylic acids is 1. The molecule has 1 saturated carbocycles. The third-order valence-electron chi connectivity index (χ3n) is 6.71. The molecule has 2 aliphatic rings. The molecule has 3 aromatic rings. The van der Waals surface area contributed by atoms with E-state index in [4.69, 9.17) is 4.74 Å². The van der Waals surface area contributed by atoms with E-state index in [1.165, 1.54) is 0 Å². The van der Waals surface area contributed by atoms with E-state index in [-0.39, 0.29) is 23.6 Å². The summed E-state index contributed by atoms with van der Waals surface area (Å²) in [5.74, 6) is -1.91. The van der Waals surface area contributed by atoms with Crippen molar-refractivity contribution in [2.45, 2.75) is 38.1 Å². The number of nitrogens with zero attached hydrogens (tertiary/aromatic N) is 1. The summed E-state index contributed by atoms with van der Waals surface area (Å²) >= 11 is 1.04. The first-order valence-electron chi connectivity index (χ1n) is 11.6. The zero-order valence-electron chi connectivity index (χ0n) is 19.1. The van der Waals surface area contributed by atoms with Gasteiger partial charge >= 0.3 is 12.1 Å². The van der Waals surface area contributed by atoms with E-state index >= 15 is 0 Å². The minimum Gasteiger partial charge on any atom is -0.481 e. The van der Waals surface area contributed by atoms with Crippen molar-refractivity contribution in [3.8, 4) is 11.1 Å². The van der Waals surface area contributed by atoms with Crippen molar-refractivity contribution in [3.05, 3.63) is 70.2 Å². The van der Waals surface area contributed by atoms with E-state index in [1.54, 1.807) is 6.92 Å². The van der Waals surface area contributed by atoms with Gasteiger partial charge in [0.1, 0.15) is 11.5 Å². The zero-order valence-corrected chi connectivity index (χ0v) is 19.9. The van der Waals surface area contributed by atoms with Crippen LogP contribution in [0.15, 0.2) is 48.5 Å². The topological polar surface area (TPSA) is 118 Å². The van der Waals surface area contributed by atoms with Crippen molar-refractivity contribution in [1.29, 1.82) is 0 Å². The number of nitrogens with one attached hydrogen (secondary N) is 2. The lowest BCUT2D eigenvalue weighted by Gasteiger charge is -2.17. The number of carboxylic acid groups (broad SMARTS) is 1. The second kappa shape index (κ2) is 9.50. The first-order valence-corrected chi connectivity index (χ1v) is 12.4. The van der Waals surface area contributed by atoms with Crippen molar-refractivity contribution in [2.75, 3.05) is 11.9 Å². The Bertz CT molecular complexity index is 1260. The molecule has 2 amide bonds. The lowest BCUT2D eigenvalue weighted by molar-refractivity contribution is -0.142. The van der Waals surface area contributed by atoms with Crippen LogP contribution in [0.3, 0.4) is 0 Å². The molecule has 8 nitrogen and oxygen atoms in total. The first-order chi connectivity index (χ1) is 16.9. The Morgan fingerprint density at radius 2 is 1.71 bits per heavy atom. The Balaban J connectivity index is 1.22. The van der Waals surface area contributed by atoms with Crippen molar-refractivity contribution < 1.29 is 24.2 Å². The summed E-state index contributed by atoms with van der Waals surface area (Å²) < 4.78 is 5.55. The highest BCUT2D eigenvalue weighted by Crippen LogP contribution is 2.44.